The molecule has 92 valence electrons. The second kappa shape index (κ2) is 7.31. The van der Waals surface area contributed by atoms with Crippen molar-refractivity contribution in [3.63, 3.8) is 0 Å². The molecule has 3 heteroatoms. The maximum absolute atomic E-state index is 11.9. The van der Waals surface area contributed by atoms with E-state index in [-0.39, 0.29) is 5.56 Å². The lowest BCUT2D eigenvalue weighted by atomic mass is 10.1. The molecule has 0 unspecified atom stereocenters. The minimum atomic E-state index is 0.187. The molecule has 0 atom stereocenters. The molecule has 0 bridgehead atoms. The average molecular weight is 224 g/mol. The fourth-order valence-electron chi connectivity index (χ4n) is 1.88. The number of nitrogens with one attached hydrogen (secondary N) is 1. The first kappa shape index (κ1) is 13.1. The van der Waals surface area contributed by atoms with Crippen LogP contribution in [0.4, 0.5) is 0 Å². The van der Waals surface area contributed by atoms with E-state index >= 15 is 0 Å². The summed E-state index contributed by atoms with van der Waals surface area (Å²) in [6.45, 7) is 5.19. The first-order valence-electron chi connectivity index (χ1n) is 6.56. The van der Waals surface area contributed by atoms with Crippen molar-refractivity contribution in [3.05, 3.63) is 22.1 Å². The molecule has 0 amide bonds. The summed E-state index contributed by atoms with van der Waals surface area (Å²) in [6, 6.07) is 0. The Bertz CT molecular complexity index is 307. The highest BCUT2D eigenvalue weighted by Crippen LogP contribution is 2.02. The highest BCUT2D eigenvalue weighted by Gasteiger charge is 2.04. The molecule has 0 saturated heterocycles. The lowest BCUT2D eigenvalue weighted by Crippen LogP contribution is -2.19. The van der Waals surface area contributed by atoms with E-state index in [1.807, 2.05) is 6.20 Å². The van der Waals surface area contributed by atoms with E-state index in [4.69, 9.17) is 0 Å². The Morgan fingerprint density at radius 1 is 1.12 bits per heavy atom. The quantitative estimate of drug-likeness (QED) is 0.677. The Morgan fingerprint density at radius 2 is 1.81 bits per heavy atom. The third kappa shape index (κ3) is 3.87. The zero-order valence-electron chi connectivity index (χ0n) is 10.6. The first-order valence-corrected chi connectivity index (χ1v) is 6.56. The van der Waals surface area contributed by atoms with Gasteiger partial charge in [0, 0.05) is 18.3 Å². The van der Waals surface area contributed by atoms with Crippen LogP contribution in [-0.2, 0) is 13.0 Å². The lowest BCUT2D eigenvalue weighted by Gasteiger charge is -1.99. The van der Waals surface area contributed by atoms with Crippen LogP contribution in [0, 0.1) is 0 Å². The van der Waals surface area contributed by atoms with E-state index in [0.717, 1.165) is 31.4 Å². The van der Waals surface area contributed by atoms with E-state index < -0.39 is 0 Å². The molecule has 1 N–H and O–H groups in total. The van der Waals surface area contributed by atoms with Crippen LogP contribution in [0.2, 0.25) is 0 Å². The average Bonchev–Trinajstić information content (AvgIpc) is 2.62. The van der Waals surface area contributed by atoms with Gasteiger partial charge in [-0.3, -0.25) is 9.48 Å². The molecular weight excluding hydrogens is 200 g/mol. The molecule has 0 saturated carbocycles. The molecule has 3 nitrogen and oxygen atoms in total. The number of rotatable bonds is 8. The minimum Gasteiger partial charge on any atom is -0.303 e. The van der Waals surface area contributed by atoms with Crippen molar-refractivity contribution in [2.24, 2.45) is 0 Å². The molecule has 0 spiro atoms. The van der Waals surface area contributed by atoms with Crippen molar-refractivity contribution in [2.45, 2.75) is 65.3 Å². The van der Waals surface area contributed by atoms with Crippen LogP contribution >= 0.6 is 0 Å². The van der Waals surface area contributed by atoms with Gasteiger partial charge in [-0.1, -0.05) is 39.5 Å². The number of hydrogen-bond acceptors (Lipinski definition) is 1. The Kier molecular flexibility index (Phi) is 5.98. The maximum Gasteiger partial charge on any atom is 0.269 e. The second-order valence-corrected chi connectivity index (χ2v) is 4.42. The van der Waals surface area contributed by atoms with E-state index in [1.54, 1.807) is 4.68 Å². The van der Waals surface area contributed by atoms with Crippen molar-refractivity contribution in [2.75, 3.05) is 0 Å². The molecule has 0 fully saturated rings. The van der Waals surface area contributed by atoms with E-state index in [9.17, 15) is 4.79 Å². The standard InChI is InChI=1S/C13H24N2O/c1-3-5-7-9-12-11-14-15(13(12)16)10-8-6-4-2/h11,14H,3-10H2,1-2H3. The minimum absolute atomic E-state index is 0.187. The largest absolute Gasteiger partial charge is 0.303 e. The van der Waals surface area contributed by atoms with Gasteiger partial charge in [-0.2, -0.15) is 0 Å². The molecule has 0 aromatic carbocycles. The molecule has 16 heavy (non-hydrogen) atoms. The number of aromatic amines is 1. The molecular formula is C13H24N2O. The van der Waals surface area contributed by atoms with Crippen molar-refractivity contribution >= 4 is 0 Å². The number of aromatic nitrogens is 2. The summed E-state index contributed by atoms with van der Waals surface area (Å²) >= 11 is 0. The topological polar surface area (TPSA) is 37.8 Å². The summed E-state index contributed by atoms with van der Waals surface area (Å²) < 4.78 is 1.75. The van der Waals surface area contributed by atoms with Gasteiger partial charge in [-0.15, -0.1) is 0 Å². The molecule has 1 aromatic rings. The summed E-state index contributed by atoms with van der Waals surface area (Å²) in [4.78, 5) is 11.9. The molecule has 0 aliphatic rings. The van der Waals surface area contributed by atoms with Gasteiger partial charge in [0.05, 0.1) is 0 Å². The molecule has 1 heterocycles. The Labute approximate surface area is 97.8 Å². The SMILES string of the molecule is CCCCCc1c[nH]n(CCCCC)c1=O. The lowest BCUT2D eigenvalue weighted by molar-refractivity contribution is 0.539. The summed E-state index contributed by atoms with van der Waals surface area (Å²) in [5.41, 5.74) is 1.14. The summed E-state index contributed by atoms with van der Waals surface area (Å²) in [6.07, 6.45) is 9.81. The van der Waals surface area contributed by atoms with Gasteiger partial charge in [0.25, 0.3) is 5.56 Å². The van der Waals surface area contributed by atoms with Crippen molar-refractivity contribution in [1.29, 1.82) is 0 Å². The molecule has 0 aliphatic carbocycles. The number of H-pyrrole nitrogens is 1. The third-order valence-electron chi connectivity index (χ3n) is 2.95. The summed E-state index contributed by atoms with van der Waals surface area (Å²) in [5.74, 6) is 0. The molecule has 1 rings (SSSR count). The van der Waals surface area contributed by atoms with Gasteiger partial charge < -0.3 is 5.10 Å². The van der Waals surface area contributed by atoms with E-state index in [1.165, 1.54) is 25.7 Å². The fraction of sp³-hybridized carbons (Fsp3) is 0.769. The van der Waals surface area contributed by atoms with Crippen LogP contribution < -0.4 is 5.56 Å². The Balaban J connectivity index is 2.45. The number of unbranched alkanes of at least 4 members (excludes halogenated alkanes) is 4. The van der Waals surface area contributed by atoms with E-state index in [2.05, 4.69) is 18.9 Å². The van der Waals surface area contributed by atoms with E-state index in [0.29, 0.717) is 0 Å². The Morgan fingerprint density at radius 3 is 2.50 bits per heavy atom. The van der Waals surface area contributed by atoms with Crippen LogP contribution in [0.1, 0.15) is 57.9 Å². The predicted octanol–water partition coefficient (Wildman–Crippen LogP) is 3.10. The zero-order chi connectivity index (χ0) is 11.8. The van der Waals surface area contributed by atoms with Crippen molar-refractivity contribution < 1.29 is 0 Å². The highest BCUT2D eigenvalue weighted by atomic mass is 16.1. The van der Waals surface area contributed by atoms with Crippen LogP contribution in [0.5, 0.6) is 0 Å². The van der Waals surface area contributed by atoms with Crippen LogP contribution in [0.15, 0.2) is 11.0 Å². The van der Waals surface area contributed by atoms with Crippen molar-refractivity contribution in [3.8, 4) is 0 Å². The highest BCUT2D eigenvalue weighted by molar-refractivity contribution is 5.04. The van der Waals surface area contributed by atoms with Gasteiger partial charge in [0.2, 0.25) is 0 Å². The van der Waals surface area contributed by atoms with Gasteiger partial charge in [0.1, 0.15) is 0 Å². The Hall–Kier alpha value is -0.990. The normalized spacial score (nSPS) is 10.9. The predicted molar refractivity (Wildman–Crippen MR) is 67.8 cm³/mol. The number of nitrogens with zero attached hydrogens (tertiary/aromatic N) is 1. The van der Waals surface area contributed by atoms with Crippen LogP contribution in [0.3, 0.4) is 0 Å². The second-order valence-electron chi connectivity index (χ2n) is 4.42. The first-order chi connectivity index (χ1) is 7.79. The van der Waals surface area contributed by atoms with Gasteiger partial charge in [-0.05, 0) is 19.3 Å². The molecule has 0 radical (unpaired) electrons. The smallest absolute Gasteiger partial charge is 0.269 e. The van der Waals surface area contributed by atoms with Gasteiger partial charge in [-0.25, -0.2) is 0 Å². The number of hydrogen-bond donors (Lipinski definition) is 1. The maximum atomic E-state index is 11.9. The fourth-order valence-corrected chi connectivity index (χ4v) is 1.88. The van der Waals surface area contributed by atoms with Crippen LogP contribution in [-0.4, -0.2) is 9.78 Å². The monoisotopic (exact) mass is 224 g/mol. The number of aryl methyl sites for hydroxylation is 2. The van der Waals surface area contributed by atoms with Gasteiger partial charge in [0.15, 0.2) is 0 Å². The molecule has 1 aromatic heterocycles. The molecule has 0 aliphatic heterocycles. The van der Waals surface area contributed by atoms with Crippen LogP contribution in [0.25, 0.3) is 0 Å². The van der Waals surface area contributed by atoms with Crippen molar-refractivity contribution in [1.82, 2.24) is 9.78 Å². The summed E-state index contributed by atoms with van der Waals surface area (Å²) in [5, 5.41) is 3.06. The zero-order valence-corrected chi connectivity index (χ0v) is 10.6. The summed E-state index contributed by atoms with van der Waals surface area (Å²) in [7, 11) is 0. The van der Waals surface area contributed by atoms with Gasteiger partial charge >= 0.3 is 0 Å². The third-order valence-corrected chi connectivity index (χ3v) is 2.95.